The van der Waals surface area contributed by atoms with Gasteiger partial charge in [0.2, 0.25) is 0 Å². The predicted molar refractivity (Wildman–Crippen MR) is 85.8 cm³/mol. The van der Waals surface area contributed by atoms with Crippen LogP contribution in [-0.4, -0.2) is 31.7 Å². The van der Waals surface area contributed by atoms with E-state index >= 15 is 0 Å². The molecule has 0 saturated heterocycles. The number of fused-ring (bicyclic) bond motifs is 1. The van der Waals surface area contributed by atoms with E-state index in [4.69, 9.17) is 8.92 Å². The molecule has 0 saturated carbocycles. The molecule has 9 heteroatoms. The van der Waals surface area contributed by atoms with Gasteiger partial charge in [-0.2, -0.15) is 8.42 Å². The molecule has 0 spiro atoms. The Balaban J connectivity index is 1.97. The van der Waals surface area contributed by atoms with Crippen molar-refractivity contribution in [2.75, 3.05) is 13.7 Å². The van der Waals surface area contributed by atoms with Crippen LogP contribution >= 0.6 is 0 Å². The van der Waals surface area contributed by atoms with E-state index in [9.17, 15) is 17.2 Å². The summed E-state index contributed by atoms with van der Waals surface area (Å²) in [7, 11) is -3.10. The topological polar surface area (TPSA) is 70.4 Å². The summed E-state index contributed by atoms with van der Waals surface area (Å²) in [4.78, 5) is 3.06. The molecule has 2 aromatic carbocycles. The van der Waals surface area contributed by atoms with Crippen molar-refractivity contribution in [2.24, 2.45) is 0 Å². The molecule has 0 N–H and O–H groups in total. The molecule has 6 nitrogen and oxygen atoms in total. The van der Waals surface area contributed by atoms with Crippen LogP contribution in [0.3, 0.4) is 0 Å². The Labute approximate surface area is 142 Å². The number of rotatable bonds is 6. The van der Waals surface area contributed by atoms with E-state index in [0.717, 1.165) is 18.2 Å². The SMILES string of the molecule is COCCn1cnc2ccc(OS(=O)(=O)c3c(F)cccc3F)cc21. The van der Waals surface area contributed by atoms with Crippen LogP contribution in [-0.2, 0) is 21.4 Å². The highest BCUT2D eigenvalue weighted by Gasteiger charge is 2.26. The zero-order valence-electron chi connectivity index (χ0n) is 13.1. The van der Waals surface area contributed by atoms with Crippen LogP contribution in [0.1, 0.15) is 0 Å². The normalized spacial score (nSPS) is 11.8. The molecule has 0 unspecified atom stereocenters. The molecule has 3 rings (SSSR count). The summed E-state index contributed by atoms with van der Waals surface area (Å²) in [5, 5.41) is 0. The Hall–Kier alpha value is -2.52. The molecule has 1 heterocycles. The zero-order chi connectivity index (χ0) is 18.0. The van der Waals surface area contributed by atoms with E-state index in [-0.39, 0.29) is 5.75 Å². The highest BCUT2D eigenvalue weighted by atomic mass is 32.2. The fourth-order valence-electron chi connectivity index (χ4n) is 2.35. The minimum atomic E-state index is -4.66. The minimum Gasteiger partial charge on any atom is -0.383 e. The minimum absolute atomic E-state index is 0.0747. The van der Waals surface area contributed by atoms with E-state index in [1.165, 1.54) is 12.1 Å². The Morgan fingerprint density at radius 1 is 1.16 bits per heavy atom. The molecule has 0 bridgehead atoms. The van der Waals surface area contributed by atoms with Gasteiger partial charge in [-0.15, -0.1) is 0 Å². The van der Waals surface area contributed by atoms with Gasteiger partial charge in [0.1, 0.15) is 17.4 Å². The van der Waals surface area contributed by atoms with Gasteiger partial charge in [-0.05, 0) is 24.3 Å². The maximum atomic E-state index is 13.7. The van der Waals surface area contributed by atoms with Crippen LogP contribution in [0, 0.1) is 11.6 Å². The van der Waals surface area contributed by atoms with Crippen LogP contribution in [0.25, 0.3) is 11.0 Å². The largest absolute Gasteiger partial charge is 0.383 e. The van der Waals surface area contributed by atoms with Gasteiger partial charge in [-0.1, -0.05) is 6.07 Å². The first kappa shape index (κ1) is 17.3. The van der Waals surface area contributed by atoms with Crippen LogP contribution in [0.5, 0.6) is 5.75 Å². The van der Waals surface area contributed by atoms with E-state index in [2.05, 4.69) is 4.98 Å². The molecule has 0 atom stereocenters. The summed E-state index contributed by atoms with van der Waals surface area (Å²) in [6.07, 6.45) is 1.58. The molecule has 0 aliphatic carbocycles. The molecule has 132 valence electrons. The highest BCUT2D eigenvalue weighted by Crippen LogP contribution is 2.26. The van der Waals surface area contributed by atoms with Crippen LogP contribution < -0.4 is 4.18 Å². The van der Waals surface area contributed by atoms with Gasteiger partial charge in [0.05, 0.1) is 24.0 Å². The van der Waals surface area contributed by atoms with Crippen molar-refractivity contribution in [1.29, 1.82) is 0 Å². The second-order valence-electron chi connectivity index (χ2n) is 5.17. The molecule has 0 amide bonds. The lowest BCUT2D eigenvalue weighted by atomic mass is 10.3. The molecule has 0 fully saturated rings. The summed E-state index contributed by atoms with van der Waals surface area (Å²) in [5.41, 5.74) is 1.23. The fraction of sp³-hybridized carbons (Fsp3) is 0.188. The smallest absolute Gasteiger partial charge is 0.345 e. The number of methoxy groups -OCH3 is 1. The average molecular weight is 368 g/mol. The van der Waals surface area contributed by atoms with E-state index in [0.29, 0.717) is 24.2 Å². The molecular formula is C16H14F2N2O4S. The monoisotopic (exact) mass is 368 g/mol. The first-order chi connectivity index (χ1) is 11.9. The molecule has 1 aromatic heterocycles. The summed E-state index contributed by atoms with van der Waals surface area (Å²) in [6, 6.07) is 7.14. The average Bonchev–Trinajstić information content (AvgIpc) is 2.94. The summed E-state index contributed by atoms with van der Waals surface area (Å²) < 4.78 is 63.6. The van der Waals surface area contributed by atoms with E-state index < -0.39 is 26.6 Å². The Kier molecular flexibility index (Phi) is 4.69. The number of halogens is 2. The number of hydrogen-bond acceptors (Lipinski definition) is 5. The predicted octanol–water partition coefficient (Wildman–Crippen LogP) is 2.73. The second kappa shape index (κ2) is 6.77. The van der Waals surface area contributed by atoms with Gasteiger partial charge in [0, 0.05) is 19.7 Å². The number of imidazole rings is 1. The van der Waals surface area contributed by atoms with Gasteiger partial charge in [-0.25, -0.2) is 13.8 Å². The van der Waals surface area contributed by atoms with E-state index in [1.807, 2.05) is 0 Å². The highest BCUT2D eigenvalue weighted by molar-refractivity contribution is 7.87. The third-order valence-electron chi connectivity index (χ3n) is 3.50. The van der Waals surface area contributed by atoms with Crippen molar-refractivity contribution in [3.63, 3.8) is 0 Å². The molecule has 25 heavy (non-hydrogen) atoms. The number of benzene rings is 2. The molecule has 0 radical (unpaired) electrons. The van der Waals surface area contributed by atoms with Gasteiger partial charge in [0.25, 0.3) is 0 Å². The third-order valence-corrected chi connectivity index (χ3v) is 4.81. The summed E-state index contributed by atoms with van der Waals surface area (Å²) in [5.74, 6) is -2.51. The Morgan fingerprint density at radius 3 is 2.56 bits per heavy atom. The van der Waals surface area contributed by atoms with Crippen molar-refractivity contribution in [3.8, 4) is 5.75 Å². The fourth-order valence-corrected chi connectivity index (χ4v) is 3.40. The van der Waals surface area contributed by atoms with Crippen molar-refractivity contribution in [3.05, 3.63) is 54.4 Å². The maximum absolute atomic E-state index is 13.7. The first-order valence-electron chi connectivity index (χ1n) is 7.25. The summed E-state index contributed by atoms with van der Waals surface area (Å²) in [6.45, 7) is 0.945. The second-order valence-corrected chi connectivity index (χ2v) is 6.65. The molecular weight excluding hydrogens is 354 g/mol. The molecule has 0 aliphatic rings. The Morgan fingerprint density at radius 2 is 1.88 bits per heavy atom. The molecule has 3 aromatic rings. The van der Waals surface area contributed by atoms with Gasteiger partial charge >= 0.3 is 10.1 Å². The lowest BCUT2D eigenvalue weighted by Gasteiger charge is -2.09. The Bertz CT molecular complexity index is 998. The number of nitrogens with zero attached hydrogens (tertiary/aromatic N) is 2. The van der Waals surface area contributed by atoms with E-state index in [1.54, 1.807) is 24.1 Å². The molecule has 0 aliphatic heterocycles. The zero-order valence-corrected chi connectivity index (χ0v) is 14.0. The van der Waals surface area contributed by atoms with Crippen molar-refractivity contribution in [1.82, 2.24) is 9.55 Å². The lowest BCUT2D eigenvalue weighted by Crippen LogP contribution is -2.13. The number of ether oxygens (including phenoxy) is 1. The maximum Gasteiger partial charge on any atom is 0.345 e. The number of hydrogen-bond donors (Lipinski definition) is 0. The lowest BCUT2D eigenvalue weighted by molar-refractivity contribution is 0.188. The van der Waals surface area contributed by atoms with Crippen LogP contribution in [0.15, 0.2) is 47.6 Å². The van der Waals surface area contributed by atoms with Crippen molar-refractivity contribution >= 4 is 21.2 Å². The van der Waals surface area contributed by atoms with Gasteiger partial charge in [-0.3, -0.25) is 0 Å². The van der Waals surface area contributed by atoms with Crippen LogP contribution in [0.4, 0.5) is 8.78 Å². The standard InChI is InChI=1S/C16H14F2N2O4S/c1-23-8-7-20-10-19-14-6-5-11(9-15(14)20)24-25(21,22)16-12(17)3-2-4-13(16)18/h2-6,9-10H,7-8H2,1H3. The number of aromatic nitrogens is 2. The van der Waals surface area contributed by atoms with Crippen molar-refractivity contribution < 1.29 is 26.1 Å². The van der Waals surface area contributed by atoms with Gasteiger partial charge < -0.3 is 13.5 Å². The quantitative estimate of drug-likeness (QED) is 0.626. The summed E-state index contributed by atoms with van der Waals surface area (Å²) >= 11 is 0. The van der Waals surface area contributed by atoms with Gasteiger partial charge in [0.15, 0.2) is 4.90 Å². The van der Waals surface area contributed by atoms with Crippen molar-refractivity contribution in [2.45, 2.75) is 11.4 Å². The first-order valence-corrected chi connectivity index (χ1v) is 8.65. The third kappa shape index (κ3) is 3.47. The van der Waals surface area contributed by atoms with Crippen LogP contribution in [0.2, 0.25) is 0 Å².